The summed E-state index contributed by atoms with van der Waals surface area (Å²) in [7, 11) is 0. The molecule has 3 fully saturated rings. The number of carboxylic acid groups (broad SMARTS) is 1. The average Bonchev–Trinajstić information content (AvgIpc) is 3.30. The van der Waals surface area contributed by atoms with Crippen LogP contribution < -0.4 is 9.64 Å². The number of piperidine rings is 1. The van der Waals surface area contributed by atoms with Gasteiger partial charge in [-0.25, -0.2) is 4.98 Å². The lowest BCUT2D eigenvalue weighted by Gasteiger charge is -2.52. The molecular formula is C28H32Cl2N4O4. The van der Waals surface area contributed by atoms with Crippen molar-refractivity contribution in [3.05, 3.63) is 46.1 Å². The van der Waals surface area contributed by atoms with Crippen molar-refractivity contribution in [3.8, 4) is 5.75 Å². The van der Waals surface area contributed by atoms with E-state index in [-0.39, 0.29) is 6.10 Å². The van der Waals surface area contributed by atoms with Gasteiger partial charge in [-0.3, -0.25) is 4.79 Å². The maximum absolute atomic E-state index is 11.5. The second-order valence-electron chi connectivity index (χ2n) is 11.4. The number of hydrogen-bond donors (Lipinski definition) is 1. The van der Waals surface area contributed by atoms with Gasteiger partial charge in [-0.2, -0.15) is 0 Å². The standard InChI is InChI=1S/C28H32Cl2N4O4/c1-16(21-6-5-19(29)8-22(21)30)37-24-9-25(32-23-12-31-38-26(23)24)34-14-18(15-34)17-4-3-7-33(13-17)20-10-28(2,11-20)27(35)36/h5-6,8-9,12,16-18,20H,3-4,7,10-11,13-15H2,1-2H3,(H,35,36)/t16-,17+,20?,28?/m1/s1. The van der Waals surface area contributed by atoms with E-state index in [0.29, 0.717) is 44.8 Å². The van der Waals surface area contributed by atoms with Crippen LogP contribution in [-0.4, -0.2) is 58.3 Å². The van der Waals surface area contributed by atoms with Crippen LogP contribution in [0.5, 0.6) is 5.75 Å². The molecule has 1 saturated carbocycles. The first kappa shape index (κ1) is 25.7. The maximum atomic E-state index is 11.5. The third-order valence-electron chi connectivity index (χ3n) is 8.77. The molecule has 10 heteroatoms. The molecule has 4 heterocycles. The number of hydrogen-bond acceptors (Lipinski definition) is 7. The van der Waals surface area contributed by atoms with E-state index in [1.54, 1.807) is 18.3 Å². The molecule has 202 valence electrons. The Balaban J connectivity index is 1.11. The van der Waals surface area contributed by atoms with E-state index >= 15 is 0 Å². The molecule has 1 aliphatic carbocycles. The molecule has 6 rings (SSSR count). The van der Waals surface area contributed by atoms with E-state index in [2.05, 4.69) is 15.0 Å². The predicted octanol–water partition coefficient (Wildman–Crippen LogP) is 6.07. The Hall–Kier alpha value is -2.55. The maximum Gasteiger partial charge on any atom is 0.309 e. The molecule has 0 spiro atoms. The van der Waals surface area contributed by atoms with Gasteiger partial charge in [0.05, 0.1) is 11.6 Å². The molecule has 2 saturated heterocycles. The summed E-state index contributed by atoms with van der Waals surface area (Å²) in [5.74, 6) is 1.99. The Morgan fingerprint density at radius 3 is 2.74 bits per heavy atom. The first-order valence-electron chi connectivity index (χ1n) is 13.3. The van der Waals surface area contributed by atoms with Crippen molar-refractivity contribution in [2.24, 2.45) is 17.3 Å². The second kappa shape index (κ2) is 9.88. The fourth-order valence-corrected chi connectivity index (χ4v) is 6.89. The van der Waals surface area contributed by atoms with Crippen molar-refractivity contribution >= 4 is 46.1 Å². The van der Waals surface area contributed by atoms with E-state index < -0.39 is 11.4 Å². The summed E-state index contributed by atoms with van der Waals surface area (Å²) in [6.07, 6.45) is 5.22. The number of aromatic nitrogens is 2. The summed E-state index contributed by atoms with van der Waals surface area (Å²) < 4.78 is 11.8. The van der Waals surface area contributed by atoms with Crippen LogP contribution in [0.25, 0.3) is 11.1 Å². The third-order valence-corrected chi connectivity index (χ3v) is 9.33. The Kier molecular flexibility index (Phi) is 6.69. The van der Waals surface area contributed by atoms with Gasteiger partial charge in [0.15, 0.2) is 5.75 Å². The molecule has 2 atom stereocenters. The molecule has 3 aromatic rings. The summed E-state index contributed by atoms with van der Waals surface area (Å²) in [4.78, 5) is 21.1. The van der Waals surface area contributed by atoms with Gasteiger partial charge in [-0.1, -0.05) is 34.4 Å². The lowest BCUT2D eigenvalue weighted by Crippen LogP contribution is -2.58. The molecule has 3 aliphatic rings. The largest absolute Gasteiger partial charge is 0.482 e. The fourth-order valence-electron chi connectivity index (χ4n) is 6.33. The van der Waals surface area contributed by atoms with Crippen LogP contribution >= 0.6 is 23.2 Å². The number of aliphatic carboxylic acids is 1. The minimum Gasteiger partial charge on any atom is -0.482 e. The number of carbonyl (C=O) groups is 1. The van der Waals surface area contributed by atoms with Gasteiger partial charge in [0.1, 0.15) is 17.4 Å². The van der Waals surface area contributed by atoms with E-state index in [9.17, 15) is 9.90 Å². The summed E-state index contributed by atoms with van der Waals surface area (Å²) >= 11 is 12.5. The monoisotopic (exact) mass is 558 g/mol. The van der Waals surface area contributed by atoms with Crippen LogP contribution in [-0.2, 0) is 4.79 Å². The zero-order chi connectivity index (χ0) is 26.6. The molecule has 0 unspecified atom stereocenters. The highest BCUT2D eigenvalue weighted by Gasteiger charge is 2.49. The number of ether oxygens (including phenoxy) is 1. The molecule has 2 aromatic heterocycles. The molecule has 0 radical (unpaired) electrons. The zero-order valence-electron chi connectivity index (χ0n) is 21.6. The summed E-state index contributed by atoms with van der Waals surface area (Å²) in [6.45, 7) is 7.84. The summed E-state index contributed by atoms with van der Waals surface area (Å²) in [5, 5.41) is 14.5. The molecule has 0 amide bonds. The van der Waals surface area contributed by atoms with Gasteiger partial charge < -0.3 is 24.2 Å². The van der Waals surface area contributed by atoms with Gasteiger partial charge in [-0.05, 0) is 70.0 Å². The fraction of sp³-hybridized carbons (Fsp3) is 0.536. The minimum atomic E-state index is -0.664. The normalized spacial score (nSPS) is 27.1. The molecule has 1 N–H and O–H groups in total. The highest BCUT2D eigenvalue weighted by atomic mass is 35.5. The highest BCUT2D eigenvalue weighted by molar-refractivity contribution is 6.35. The number of halogens is 2. The summed E-state index contributed by atoms with van der Waals surface area (Å²) in [6, 6.07) is 7.71. The van der Waals surface area contributed by atoms with Crippen molar-refractivity contribution in [3.63, 3.8) is 0 Å². The first-order valence-corrected chi connectivity index (χ1v) is 14.1. The molecule has 2 aliphatic heterocycles. The van der Waals surface area contributed by atoms with E-state index in [0.717, 1.165) is 50.4 Å². The van der Waals surface area contributed by atoms with Crippen molar-refractivity contribution in [2.75, 3.05) is 31.1 Å². The molecule has 8 nitrogen and oxygen atoms in total. The number of nitrogens with zero attached hydrogens (tertiary/aromatic N) is 4. The van der Waals surface area contributed by atoms with Gasteiger partial charge in [0, 0.05) is 47.4 Å². The third kappa shape index (κ3) is 4.71. The van der Waals surface area contributed by atoms with Crippen molar-refractivity contribution < 1.29 is 19.2 Å². The SMILES string of the molecule is C[C@@H](Oc1cc(N2CC([C@H]3CCCN(C4CC(C)(C(=O)O)C4)C3)C2)nc2cnoc12)c1ccc(Cl)cc1Cl. The van der Waals surface area contributed by atoms with Crippen LogP contribution in [0.3, 0.4) is 0 Å². The topological polar surface area (TPSA) is 91.9 Å². The molecular weight excluding hydrogens is 527 g/mol. The lowest BCUT2D eigenvalue weighted by atomic mass is 9.65. The minimum absolute atomic E-state index is 0.324. The van der Waals surface area contributed by atoms with Crippen molar-refractivity contribution in [2.45, 2.75) is 51.7 Å². The summed E-state index contributed by atoms with van der Waals surface area (Å²) in [5.41, 5.74) is 1.46. The average molecular weight is 559 g/mol. The molecule has 38 heavy (non-hydrogen) atoms. The Morgan fingerprint density at radius 2 is 2.00 bits per heavy atom. The number of likely N-dealkylation sites (tertiary alicyclic amines) is 1. The highest BCUT2D eigenvalue weighted by Crippen LogP contribution is 2.45. The van der Waals surface area contributed by atoms with Crippen LogP contribution in [0.2, 0.25) is 10.0 Å². The molecule has 0 bridgehead atoms. The van der Waals surface area contributed by atoms with Gasteiger partial charge in [-0.15, -0.1) is 0 Å². The van der Waals surface area contributed by atoms with Crippen molar-refractivity contribution in [1.82, 2.24) is 15.0 Å². The smallest absolute Gasteiger partial charge is 0.309 e. The van der Waals surface area contributed by atoms with E-state index in [1.807, 2.05) is 26.0 Å². The quantitative estimate of drug-likeness (QED) is 0.373. The van der Waals surface area contributed by atoms with E-state index in [4.69, 9.17) is 37.4 Å². The number of rotatable bonds is 7. The second-order valence-corrected chi connectivity index (χ2v) is 12.3. The van der Waals surface area contributed by atoms with Crippen LogP contribution in [0.1, 0.15) is 51.2 Å². The number of anilines is 1. The van der Waals surface area contributed by atoms with Gasteiger partial charge in [0.25, 0.3) is 0 Å². The van der Waals surface area contributed by atoms with Crippen LogP contribution in [0.15, 0.2) is 35.0 Å². The number of fused-ring (bicyclic) bond motifs is 1. The Labute approximate surface area is 231 Å². The van der Waals surface area contributed by atoms with Crippen LogP contribution in [0.4, 0.5) is 5.82 Å². The predicted molar refractivity (Wildman–Crippen MR) is 146 cm³/mol. The number of benzene rings is 1. The van der Waals surface area contributed by atoms with Gasteiger partial charge in [0.2, 0.25) is 5.58 Å². The Morgan fingerprint density at radius 1 is 1.21 bits per heavy atom. The van der Waals surface area contributed by atoms with Crippen LogP contribution in [0, 0.1) is 17.3 Å². The number of carboxylic acids is 1. The Bertz CT molecular complexity index is 1350. The van der Waals surface area contributed by atoms with E-state index in [1.165, 1.54) is 12.8 Å². The number of pyridine rings is 1. The first-order chi connectivity index (χ1) is 18.2. The van der Waals surface area contributed by atoms with Crippen molar-refractivity contribution in [1.29, 1.82) is 0 Å². The van der Waals surface area contributed by atoms with Gasteiger partial charge >= 0.3 is 5.97 Å². The zero-order valence-corrected chi connectivity index (χ0v) is 23.1. The molecule has 1 aromatic carbocycles. The lowest BCUT2D eigenvalue weighted by molar-refractivity contribution is -0.158.